The number of hydrogen-bond donors (Lipinski definition) is 3. The Hall–Kier alpha value is -1.09. The molecule has 0 atom stereocenters. The molecule has 6 nitrogen and oxygen atoms in total. The van der Waals surface area contributed by atoms with Gasteiger partial charge in [0.25, 0.3) is 0 Å². The van der Waals surface area contributed by atoms with Crippen LogP contribution in [0.15, 0.2) is 33.8 Å². The largest absolute Gasteiger partial charge is 0.398 e. The Kier molecular flexibility index (Phi) is 4.14. The summed E-state index contributed by atoms with van der Waals surface area (Å²) in [4.78, 5) is -0.00276. The van der Waals surface area contributed by atoms with Gasteiger partial charge in [-0.15, -0.1) is 0 Å². The van der Waals surface area contributed by atoms with Gasteiger partial charge in [-0.3, -0.25) is 5.10 Å². The molecule has 0 saturated heterocycles. The maximum atomic E-state index is 12.2. The zero-order valence-corrected chi connectivity index (χ0v) is 12.7. The number of rotatable bonds is 4. The normalized spacial score (nSPS) is 11.7. The maximum absolute atomic E-state index is 12.2. The van der Waals surface area contributed by atoms with Crippen molar-refractivity contribution in [1.29, 1.82) is 0 Å². The number of sulfonamides is 1. The lowest BCUT2D eigenvalue weighted by Crippen LogP contribution is -2.24. The molecule has 0 saturated carbocycles. The Morgan fingerprint density at radius 1 is 1.47 bits per heavy atom. The van der Waals surface area contributed by atoms with Crippen LogP contribution in [0.25, 0.3) is 0 Å². The van der Waals surface area contributed by atoms with Gasteiger partial charge in [-0.25, -0.2) is 13.1 Å². The molecule has 4 N–H and O–H groups in total. The van der Waals surface area contributed by atoms with Gasteiger partial charge >= 0.3 is 0 Å². The van der Waals surface area contributed by atoms with E-state index in [0.29, 0.717) is 5.69 Å². The molecule has 0 aliphatic carbocycles. The summed E-state index contributed by atoms with van der Waals surface area (Å²) in [7, 11) is -3.72. The van der Waals surface area contributed by atoms with E-state index >= 15 is 0 Å². The van der Waals surface area contributed by atoms with Crippen molar-refractivity contribution in [2.24, 2.45) is 0 Å². The summed E-state index contributed by atoms with van der Waals surface area (Å²) in [5.74, 6) is 0. The average Bonchev–Trinajstić information content (AvgIpc) is 2.84. The highest BCUT2D eigenvalue weighted by molar-refractivity contribution is 9.10. The fraction of sp³-hybridized carbons (Fsp3) is 0.100. The van der Waals surface area contributed by atoms with E-state index in [9.17, 15) is 8.42 Å². The van der Waals surface area contributed by atoms with Crippen LogP contribution in [-0.2, 0) is 16.6 Å². The molecule has 19 heavy (non-hydrogen) atoms. The lowest BCUT2D eigenvalue weighted by atomic mass is 10.3. The summed E-state index contributed by atoms with van der Waals surface area (Å²) in [5.41, 5.74) is 6.58. The van der Waals surface area contributed by atoms with Gasteiger partial charge in [-0.2, -0.15) is 5.10 Å². The first-order chi connectivity index (χ1) is 8.90. The Balaban J connectivity index is 2.29. The van der Waals surface area contributed by atoms with Crippen molar-refractivity contribution in [1.82, 2.24) is 14.9 Å². The van der Waals surface area contributed by atoms with Crippen LogP contribution in [-0.4, -0.2) is 18.6 Å². The zero-order valence-electron chi connectivity index (χ0n) is 9.52. The van der Waals surface area contributed by atoms with Gasteiger partial charge in [-0.05, 0) is 34.1 Å². The minimum Gasteiger partial charge on any atom is -0.398 e. The maximum Gasteiger partial charge on any atom is 0.242 e. The summed E-state index contributed by atoms with van der Waals surface area (Å²) in [6.07, 6.45) is 1.54. The molecule has 0 spiro atoms. The van der Waals surface area contributed by atoms with Crippen molar-refractivity contribution < 1.29 is 8.42 Å². The second-order valence-electron chi connectivity index (χ2n) is 3.71. The van der Waals surface area contributed by atoms with Crippen LogP contribution >= 0.6 is 27.5 Å². The number of nitrogens with one attached hydrogen (secondary N) is 2. The monoisotopic (exact) mass is 364 g/mol. The van der Waals surface area contributed by atoms with E-state index in [-0.39, 0.29) is 26.6 Å². The number of aromatic nitrogens is 2. The predicted octanol–water partition coefficient (Wildman–Crippen LogP) is 1.89. The number of halogens is 2. The second kappa shape index (κ2) is 5.49. The summed E-state index contributed by atoms with van der Waals surface area (Å²) < 4.78 is 27.0. The van der Waals surface area contributed by atoms with E-state index in [0.717, 1.165) is 0 Å². The molecule has 0 unspecified atom stereocenters. The van der Waals surface area contributed by atoms with E-state index in [1.807, 2.05) is 0 Å². The highest BCUT2D eigenvalue weighted by Crippen LogP contribution is 2.31. The quantitative estimate of drug-likeness (QED) is 0.720. The molecule has 102 valence electrons. The third kappa shape index (κ3) is 3.27. The van der Waals surface area contributed by atoms with Crippen LogP contribution in [0.1, 0.15) is 5.69 Å². The summed E-state index contributed by atoms with van der Waals surface area (Å²) in [6.45, 7) is 0.0984. The van der Waals surface area contributed by atoms with Crippen molar-refractivity contribution in [3.63, 3.8) is 0 Å². The van der Waals surface area contributed by atoms with Gasteiger partial charge < -0.3 is 5.73 Å². The molecule has 0 fully saturated rings. The van der Waals surface area contributed by atoms with Crippen LogP contribution < -0.4 is 10.5 Å². The number of nitrogens with two attached hydrogens (primary N) is 1. The molecule has 0 amide bonds. The van der Waals surface area contributed by atoms with Crippen LogP contribution in [0.2, 0.25) is 5.02 Å². The smallest absolute Gasteiger partial charge is 0.242 e. The third-order valence-corrected chi connectivity index (χ3v) is 5.12. The van der Waals surface area contributed by atoms with Crippen molar-refractivity contribution in [2.75, 3.05) is 5.73 Å². The summed E-state index contributed by atoms with van der Waals surface area (Å²) in [6, 6.07) is 4.47. The topological polar surface area (TPSA) is 101 Å². The summed E-state index contributed by atoms with van der Waals surface area (Å²) in [5, 5.41) is 6.64. The molecule has 9 heteroatoms. The minimum atomic E-state index is -3.72. The van der Waals surface area contributed by atoms with Gasteiger partial charge in [0.1, 0.15) is 0 Å². The van der Waals surface area contributed by atoms with Crippen molar-refractivity contribution in [2.45, 2.75) is 11.4 Å². The molecular formula is C10H10BrClN4O2S. The Labute approximate surface area is 123 Å². The van der Waals surface area contributed by atoms with Gasteiger partial charge in [0.05, 0.1) is 21.6 Å². The fourth-order valence-electron chi connectivity index (χ4n) is 1.41. The molecule has 0 aliphatic rings. The van der Waals surface area contributed by atoms with E-state index in [4.69, 9.17) is 17.3 Å². The van der Waals surface area contributed by atoms with Crippen molar-refractivity contribution >= 4 is 43.2 Å². The van der Waals surface area contributed by atoms with Gasteiger partial charge in [0, 0.05) is 16.9 Å². The zero-order chi connectivity index (χ0) is 14.0. The molecule has 2 rings (SSSR count). The Morgan fingerprint density at radius 2 is 2.21 bits per heavy atom. The number of H-pyrrole nitrogens is 1. The number of nitrogen functional groups attached to an aromatic ring is 1. The van der Waals surface area contributed by atoms with Crippen LogP contribution in [0.5, 0.6) is 0 Å². The number of nitrogens with zero attached hydrogens (tertiary/aromatic N) is 1. The van der Waals surface area contributed by atoms with Crippen molar-refractivity contribution in [3.05, 3.63) is 39.6 Å². The van der Waals surface area contributed by atoms with Crippen LogP contribution in [0, 0.1) is 0 Å². The SMILES string of the molecule is Nc1cc(Cl)cc(S(=O)(=O)NCc2ccn[nH]2)c1Br. The van der Waals surface area contributed by atoms with Crippen molar-refractivity contribution in [3.8, 4) is 0 Å². The van der Waals surface area contributed by atoms with E-state index in [2.05, 4.69) is 30.8 Å². The lowest BCUT2D eigenvalue weighted by molar-refractivity contribution is 0.580. The average molecular weight is 366 g/mol. The predicted molar refractivity (Wildman–Crippen MR) is 76.2 cm³/mol. The molecule has 1 aromatic heterocycles. The molecule has 0 bridgehead atoms. The van der Waals surface area contributed by atoms with Crippen LogP contribution in [0.3, 0.4) is 0 Å². The third-order valence-electron chi connectivity index (χ3n) is 2.33. The molecule has 2 aromatic rings. The van der Waals surface area contributed by atoms with E-state index < -0.39 is 10.0 Å². The molecule has 1 heterocycles. The van der Waals surface area contributed by atoms with E-state index in [1.165, 1.54) is 18.3 Å². The fourth-order valence-corrected chi connectivity index (χ4v) is 3.71. The highest BCUT2D eigenvalue weighted by atomic mass is 79.9. The second-order valence-corrected chi connectivity index (χ2v) is 6.68. The number of hydrogen-bond acceptors (Lipinski definition) is 4. The van der Waals surface area contributed by atoms with Crippen LogP contribution in [0.4, 0.5) is 5.69 Å². The molecular weight excluding hydrogens is 356 g/mol. The molecule has 0 aliphatic heterocycles. The first-order valence-corrected chi connectivity index (χ1v) is 7.78. The summed E-state index contributed by atoms with van der Waals surface area (Å²) >= 11 is 8.96. The van der Waals surface area contributed by atoms with E-state index in [1.54, 1.807) is 6.07 Å². The van der Waals surface area contributed by atoms with Gasteiger partial charge in [-0.1, -0.05) is 11.6 Å². The van der Waals surface area contributed by atoms with Gasteiger partial charge in [0.15, 0.2) is 0 Å². The number of aromatic amines is 1. The number of benzene rings is 1. The molecule has 0 radical (unpaired) electrons. The first kappa shape index (κ1) is 14.3. The number of anilines is 1. The Bertz CT molecular complexity index is 688. The standard InChI is InChI=1S/C10H10BrClN4O2S/c11-10-8(13)3-6(12)4-9(10)19(17,18)15-5-7-1-2-14-16-7/h1-4,15H,5,13H2,(H,14,16). The minimum absolute atomic E-state index is 0.00276. The first-order valence-electron chi connectivity index (χ1n) is 5.12. The van der Waals surface area contributed by atoms with Gasteiger partial charge in [0.2, 0.25) is 10.0 Å². The molecule has 1 aromatic carbocycles. The highest BCUT2D eigenvalue weighted by Gasteiger charge is 2.20. The lowest BCUT2D eigenvalue weighted by Gasteiger charge is -2.10. The Morgan fingerprint density at radius 3 is 2.84 bits per heavy atom.